The summed E-state index contributed by atoms with van der Waals surface area (Å²) in [7, 11) is 1.33. The summed E-state index contributed by atoms with van der Waals surface area (Å²) in [6, 6.07) is 1.72. The Morgan fingerprint density at radius 2 is 2.10 bits per heavy atom. The van der Waals surface area contributed by atoms with Crippen LogP contribution in [-0.2, 0) is 9.53 Å². The molecule has 1 atom stereocenters. The maximum atomic E-state index is 12.0. The van der Waals surface area contributed by atoms with E-state index < -0.39 is 5.97 Å². The van der Waals surface area contributed by atoms with E-state index in [1.807, 2.05) is 0 Å². The second-order valence-corrected chi connectivity index (χ2v) is 6.24. The lowest BCUT2D eigenvalue weighted by Gasteiger charge is -2.19. The smallest absolute Gasteiger partial charge is 0.350 e. The van der Waals surface area contributed by atoms with E-state index in [0.29, 0.717) is 35.4 Å². The molecule has 1 heterocycles. The Labute approximate surface area is 129 Å². The molecule has 0 bridgehead atoms. The van der Waals surface area contributed by atoms with Crippen LogP contribution in [0.1, 0.15) is 42.8 Å². The topological polar surface area (TPSA) is 81.4 Å². The van der Waals surface area contributed by atoms with Gasteiger partial charge in [-0.25, -0.2) is 4.79 Å². The van der Waals surface area contributed by atoms with Crippen LogP contribution in [-0.4, -0.2) is 25.5 Å². The van der Waals surface area contributed by atoms with Crippen LogP contribution in [0, 0.1) is 11.8 Å². The Morgan fingerprint density at radius 3 is 2.67 bits per heavy atom. The first-order valence-corrected chi connectivity index (χ1v) is 8.03. The van der Waals surface area contributed by atoms with Gasteiger partial charge in [0.1, 0.15) is 4.88 Å². The van der Waals surface area contributed by atoms with Crippen LogP contribution >= 0.6 is 11.3 Å². The number of hydrogen-bond donors (Lipinski definition) is 2. The van der Waals surface area contributed by atoms with Gasteiger partial charge >= 0.3 is 5.97 Å². The highest BCUT2D eigenvalue weighted by atomic mass is 32.1. The highest BCUT2D eigenvalue weighted by molar-refractivity contribution is 7.12. The summed E-state index contributed by atoms with van der Waals surface area (Å²) in [5, 5.41) is 4.54. The molecule has 3 N–H and O–H groups in total. The molecule has 0 fully saturated rings. The van der Waals surface area contributed by atoms with Crippen LogP contribution < -0.4 is 11.1 Å². The van der Waals surface area contributed by atoms with Gasteiger partial charge in [-0.2, -0.15) is 0 Å². The Bertz CT molecular complexity index is 471. The predicted molar refractivity (Wildman–Crippen MR) is 85.5 cm³/mol. The Kier molecular flexibility index (Phi) is 7.39. The molecule has 1 amide bonds. The molecule has 0 aliphatic carbocycles. The summed E-state index contributed by atoms with van der Waals surface area (Å²) in [4.78, 5) is 24.0. The molecular formula is C15H24N2O3S. The van der Waals surface area contributed by atoms with E-state index in [9.17, 15) is 9.59 Å². The van der Waals surface area contributed by atoms with Crippen LogP contribution in [0.5, 0.6) is 0 Å². The van der Waals surface area contributed by atoms with Crippen molar-refractivity contribution in [2.75, 3.05) is 19.0 Å². The van der Waals surface area contributed by atoms with Crippen molar-refractivity contribution in [3.05, 3.63) is 16.3 Å². The zero-order valence-corrected chi connectivity index (χ0v) is 13.7. The standard InChI is InChI=1S/C15H24N2O3S/c1-10(2)11(6-8-16)4-5-13(18)17-12-7-9-21-14(12)15(19)20-3/h7,9-11H,4-6,8,16H2,1-3H3,(H,17,18). The Hall–Kier alpha value is -1.40. The number of nitrogens with one attached hydrogen (secondary N) is 1. The lowest BCUT2D eigenvalue weighted by atomic mass is 9.88. The zero-order valence-electron chi connectivity index (χ0n) is 12.8. The van der Waals surface area contributed by atoms with Crippen molar-refractivity contribution in [1.82, 2.24) is 0 Å². The van der Waals surface area contributed by atoms with Gasteiger partial charge in [-0.3, -0.25) is 4.79 Å². The number of thiophene rings is 1. The summed E-state index contributed by atoms with van der Waals surface area (Å²) in [6.45, 7) is 4.93. The average Bonchev–Trinajstić information content (AvgIpc) is 2.90. The Morgan fingerprint density at radius 1 is 1.38 bits per heavy atom. The number of amides is 1. The number of carbonyl (C=O) groups is 2. The first-order chi connectivity index (χ1) is 9.99. The van der Waals surface area contributed by atoms with E-state index >= 15 is 0 Å². The molecule has 1 aromatic heterocycles. The highest BCUT2D eigenvalue weighted by Gasteiger charge is 2.17. The van der Waals surface area contributed by atoms with Crippen LogP contribution in [0.25, 0.3) is 0 Å². The minimum atomic E-state index is -0.427. The van der Waals surface area contributed by atoms with Crippen LogP contribution in [0.15, 0.2) is 11.4 Å². The molecular weight excluding hydrogens is 288 g/mol. The number of nitrogens with two attached hydrogens (primary N) is 1. The van der Waals surface area contributed by atoms with Gasteiger partial charge in [0.25, 0.3) is 0 Å². The molecule has 118 valence electrons. The lowest BCUT2D eigenvalue weighted by Crippen LogP contribution is -2.19. The molecule has 6 heteroatoms. The quantitative estimate of drug-likeness (QED) is 0.723. The normalized spacial score (nSPS) is 12.2. The number of anilines is 1. The van der Waals surface area contributed by atoms with Gasteiger partial charge in [0, 0.05) is 6.42 Å². The third-order valence-electron chi connectivity index (χ3n) is 3.53. The predicted octanol–water partition coefficient (Wildman–Crippen LogP) is 2.87. The van der Waals surface area contributed by atoms with Gasteiger partial charge in [-0.05, 0) is 42.7 Å². The van der Waals surface area contributed by atoms with Gasteiger partial charge in [0.15, 0.2) is 0 Å². The van der Waals surface area contributed by atoms with Crippen molar-refractivity contribution in [2.24, 2.45) is 17.6 Å². The van der Waals surface area contributed by atoms with E-state index in [4.69, 9.17) is 5.73 Å². The lowest BCUT2D eigenvalue weighted by molar-refractivity contribution is -0.116. The van der Waals surface area contributed by atoms with Crippen molar-refractivity contribution in [2.45, 2.75) is 33.1 Å². The number of ether oxygens (including phenoxy) is 1. The van der Waals surface area contributed by atoms with Gasteiger partial charge in [0.2, 0.25) is 5.91 Å². The molecule has 0 aliphatic rings. The summed E-state index contributed by atoms with van der Waals surface area (Å²) >= 11 is 1.26. The molecule has 21 heavy (non-hydrogen) atoms. The highest BCUT2D eigenvalue weighted by Crippen LogP contribution is 2.24. The minimum Gasteiger partial charge on any atom is -0.465 e. The monoisotopic (exact) mass is 312 g/mol. The van der Waals surface area contributed by atoms with Gasteiger partial charge in [0.05, 0.1) is 12.8 Å². The fraction of sp³-hybridized carbons (Fsp3) is 0.600. The first-order valence-electron chi connectivity index (χ1n) is 7.15. The molecule has 0 saturated heterocycles. The summed E-state index contributed by atoms with van der Waals surface area (Å²) < 4.78 is 4.68. The van der Waals surface area contributed by atoms with Crippen LogP contribution in [0.4, 0.5) is 5.69 Å². The fourth-order valence-electron chi connectivity index (χ4n) is 2.21. The van der Waals surface area contributed by atoms with E-state index in [0.717, 1.165) is 12.8 Å². The number of methoxy groups -OCH3 is 1. The largest absolute Gasteiger partial charge is 0.465 e. The van der Waals surface area contributed by atoms with Crippen molar-refractivity contribution >= 4 is 28.9 Å². The summed E-state index contributed by atoms with van der Waals surface area (Å²) in [5.41, 5.74) is 6.13. The maximum absolute atomic E-state index is 12.0. The average molecular weight is 312 g/mol. The number of carbonyl (C=O) groups excluding carboxylic acids is 2. The third kappa shape index (κ3) is 5.47. The molecule has 0 aliphatic heterocycles. The SMILES string of the molecule is COC(=O)c1sccc1NC(=O)CCC(CCN)C(C)C. The molecule has 0 aromatic carbocycles. The molecule has 1 aromatic rings. The Balaban J connectivity index is 2.54. The number of esters is 1. The molecule has 1 unspecified atom stereocenters. The summed E-state index contributed by atoms with van der Waals surface area (Å²) in [6.07, 6.45) is 2.16. The van der Waals surface area contributed by atoms with Crippen LogP contribution in [0.3, 0.4) is 0 Å². The van der Waals surface area contributed by atoms with Crippen molar-refractivity contribution < 1.29 is 14.3 Å². The van der Waals surface area contributed by atoms with E-state index in [-0.39, 0.29) is 5.91 Å². The summed E-state index contributed by atoms with van der Waals surface area (Å²) in [5.74, 6) is 0.446. The molecule has 0 radical (unpaired) electrons. The molecule has 0 spiro atoms. The first kappa shape index (κ1) is 17.7. The molecule has 0 saturated carbocycles. The van der Waals surface area contributed by atoms with Crippen molar-refractivity contribution in [3.8, 4) is 0 Å². The maximum Gasteiger partial charge on any atom is 0.350 e. The second-order valence-electron chi connectivity index (χ2n) is 5.32. The van der Waals surface area contributed by atoms with E-state index in [1.165, 1.54) is 18.4 Å². The number of hydrogen-bond acceptors (Lipinski definition) is 5. The van der Waals surface area contributed by atoms with Crippen molar-refractivity contribution in [1.29, 1.82) is 0 Å². The molecule has 1 rings (SSSR count). The minimum absolute atomic E-state index is 0.0822. The fourth-order valence-corrected chi connectivity index (χ4v) is 2.98. The number of rotatable bonds is 8. The van der Waals surface area contributed by atoms with Crippen molar-refractivity contribution in [3.63, 3.8) is 0 Å². The molecule has 5 nitrogen and oxygen atoms in total. The third-order valence-corrected chi connectivity index (χ3v) is 4.43. The van der Waals surface area contributed by atoms with Crippen LogP contribution in [0.2, 0.25) is 0 Å². The van der Waals surface area contributed by atoms with Gasteiger partial charge in [-0.1, -0.05) is 13.8 Å². The zero-order chi connectivity index (χ0) is 15.8. The second kappa shape index (κ2) is 8.79. The van der Waals surface area contributed by atoms with Gasteiger partial charge in [-0.15, -0.1) is 11.3 Å². The van der Waals surface area contributed by atoms with E-state index in [1.54, 1.807) is 11.4 Å². The van der Waals surface area contributed by atoms with E-state index in [2.05, 4.69) is 23.9 Å². The van der Waals surface area contributed by atoms with Gasteiger partial charge < -0.3 is 15.8 Å².